The minimum Gasteiger partial charge on any atom is -0.350 e. The summed E-state index contributed by atoms with van der Waals surface area (Å²) in [5.74, 6) is -0.423. The molecule has 0 aliphatic heterocycles. The van der Waals surface area contributed by atoms with Crippen LogP contribution in [0.25, 0.3) is 0 Å². The molecule has 0 radical (unpaired) electrons. The number of nitriles is 1. The van der Waals surface area contributed by atoms with Gasteiger partial charge < -0.3 is 5.32 Å². The largest absolute Gasteiger partial charge is 0.350 e. The van der Waals surface area contributed by atoms with Crippen molar-refractivity contribution in [2.45, 2.75) is 13.5 Å². The third kappa shape index (κ3) is 5.33. The predicted octanol–water partition coefficient (Wildman–Crippen LogP) is 1.95. The summed E-state index contributed by atoms with van der Waals surface area (Å²) in [6.45, 7) is 1.94. The number of hydrogen-bond acceptors (Lipinski definition) is 4. The summed E-state index contributed by atoms with van der Waals surface area (Å²) < 4.78 is 25.1. The number of benzene rings is 2. The van der Waals surface area contributed by atoms with E-state index < -0.39 is 15.9 Å². The molecule has 25 heavy (non-hydrogen) atoms. The van der Waals surface area contributed by atoms with Gasteiger partial charge in [0.05, 0.1) is 23.6 Å². The van der Waals surface area contributed by atoms with Crippen LogP contribution in [0.2, 0.25) is 0 Å². The van der Waals surface area contributed by atoms with Gasteiger partial charge in [-0.3, -0.25) is 9.10 Å². The van der Waals surface area contributed by atoms with Crippen LogP contribution in [-0.4, -0.2) is 27.1 Å². The highest BCUT2D eigenvalue weighted by Gasteiger charge is 2.21. The minimum atomic E-state index is -3.66. The fourth-order valence-electron chi connectivity index (χ4n) is 2.22. The van der Waals surface area contributed by atoms with Gasteiger partial charge in [0.1, 0.15) is 6.54 Å². The van der Waals surface area contributed by atoms with Crippen LogP contribution < -0.4 is 9.62 Å². The Labute approximate surface area is 147 Å². The average Bonchev–Trinajstić information content (AvgIpc) is 2.58. The molecule has 0 bridgehead atoms. The molecule has 6 nitrogen and oxygen atoms in total. The monoisotopic (exact) mass is 357 g/mol. The van der Waals surface area contributed by atoms with Gasteiger partial charge in [0, 0.05) is 6.54 Å². The molecule has 0 atom stereocenters. The van der Waals surface area contributed by atoms with Crippen LogP contribution in [0.1, 0.15) is 16.7 Å². The fraction of sp³-hybridized carbons (Fsp3) is 0.222. The lowest BCUT2D eigenvalue weighted by molar-refractivity contribution is -0.119. The van der Waals surface area contributed by atoms with Crippen LogP contribution in [0, 0.1) is 18.3 Å². The highest BCUT2D eigenvalue weighted by Crippen LogP contribution is 2.18. The van der Waals surface area contributed by atoms with Crippen molar-refractivity contribution in [1.82, 2.24) is 5.32 Å². The molecule has 0 aromatic heterocycles. The molecule has 0 aliphatic carbocycles. The number of anilines is 1. The Kier molecular flexibility index (Phi) is 5.78. The van der Waals surface area contributed by atoms with Crippen LogP contribution in [0.5, 0.6) is 0 Å². The van der Waals surface area contributed by atoms with Gasteiger partial charge in [-0.25, -0.2) is 8.42 Å². The first-order chi connectivity index (χ1) is 11.8. The maximum Gasteiger partial charge on any atom is 0.241 e. The van der Waals surface area contributed by atoms with Gasteiger partial charge in [-0.15, -0.1) is 0 Å². The maximum absolute atomic E-state index is 12.2. The maximum atomic E-state index is 12.2. The zero-order valence-corrected chi connectivity index (χ0v) is 14.9. The lowest BCUT2D eigenvalue weighted by Crippen LogP contribution is -2.40. The van der Waals surface area contributed by atoms with Crippen molar-refractivity contribution < 1.29 is 13.2 Å². The number of nitrogens with one attached hydrogen (secondary N) is 1. The summed E-state index contributed by atoms with van der Waals surface area (Å²) in [5.41, 5.74) is 2.66. The first-order valence-electron chi connectivity index (χ1n) is 7.60. The molecular formula is C18H19N3O3S. The summed E-state index contributed by atoms with van der Waals surface area (Å²) in [6.07, 6.45) is 1.03. The van der Waals surface area contributed by atoms with Gasteiger partial charge >= 0.3 is 0 Å². The number of rotatable bonds is 6. The van der Waals surface area contributed by atoms with E-state index in [9.17, 15) is 13.2 Å². The van der Waals surface area contributed by atoms with E-state index in [4.69, 9.17) is 5.26 Å². The molecule has 0 saturated heterocycles. The van der Waals surface area contributed by atoms with E-state index in [1.54, 1.807) is 18.2 Å². The van der Waals surface area contributed by atoms with Crippen molar-refractivity contribution in [2.75, 3.05) is 17.1 Å². The zero-order valence-electron chi connectivity index (χ0n) is 14.1. The van der Waals surface area contributed by atoms with Crippen molar-refractivity contribution >= 4 is 21.6 Å². The van der Waals surface area contributed by atoms with Crippen molar-refractivity contribution in [2.24, 2.45) is 0 Å². The Morgan fingerprint density at radius 1 is 1.20 bits per heavy atom. The Morgan fingerprint density at radius 3 is 2.48 bits per heavy atom. The zero-order chi connectivity index (χ0) is 18.4. The summed E-state index contributed by atoms with van der Waals surface area (Å²) in [4.78, 5) is 12.2. The summed E-state index contributed by atoms with van der Waals surface area (Å²) in [7, 11) is -3.66. The number of carbonyl (C=O) groups excluding carboxylic acids is 1. The molecule has 0 aliphatic rings. The van der Waals surface area contributed by atoms with E-state index in [1.165, 1.54) is 6.07 Å². The number of sulfonamides is 1. The third-order valence-corrected chi connectivity index (χ3v) is 4.70. The number of hydrogen-bond donors (Lipinski definition) is 1. The van der Waals surface area contributed by atoms with Crippen LogP contribution in [0.3, 0.4) is 0 Å². The molecular weight excluding hydrogens is 338 g/mol. The van der Waals surface area contributed by atoms with E-state index in [2.05, 4.69) is 5.32 Å². The molecule has 0 fully saturated rings. The summed E-state index contributed by atoms with van der Waals surface area (Å²) in [5, 5.41) is 11.7. The predicted molar refractivity (Wildman–Crippen MR) is 96.4 cm³/mol. The number of aryl methyl sites for hydroxylation is 1. The normalized spacial score (nSPS) is 10.8. The van der Waals surface area contributed by atoms with E-state index >= 15 is 0 Å². The number of nitrogens with zero attached hydrogens (tertiary/aromatic N) is 2. The number of amides is 1. The van der Waals surface area contributed by atoms with Crippen LogP contribution >= 0.6 is 0 Å². The number of carbonyl (C=O) groups is 1. The van der Waals surface area contributed by atoms with Gasteiger partial charge in [-0.05, 0) is 30.7 Å². The molecule has 2 rings (SSSR count). The van der Waals surface area contributed by atoms with E-state index in [0.717, 1.165) is 21.7 Å². The van der Waals surface area contributed by atoms with Crippen molar-refractivity contribution in [3.63, 3.8) is 0 Å². The van der Waals surface area contributed by atoms with Crippen LogP contribution in [0.4, 0.5) is 5.69 Å². The second kappa shape index (κ2) is 7.81. The second-order valence-electron chi connectivity index (χ2n) is 5.69. The van der Waals surface area contributed by atoms with Crippen molar-refractivity contribution in [1.29, 1.82) is 5.26 Å². The van der Waals surface area contributed by atoms with Gasteiger partial charge in [-0.2, -0.15) is 5.26 Å². The molecule has 0 heterocycles. The summed E-state index contributed by atoms with van der Waals surface area (Å²) >= 11 is 0. The van der Waals surface area contributed by atoms with Gasteiger partial charge in [0.15, 0.2) is 0 Å². The first-order valence-corrected chi connectivity index (χ1v) is 9.44. The van der Waals surface area contributed by atoms with Crippen molar-refractivity contribution in [3.05, 3.63) is 65.2 Å². The van der Waals surface area contributed by atoms with E-state index in [-0.39, 0.29) is 12.2 Å². The molecule has 2 aromatic rings. The second-order valence-corrected chi connectivity index (χ2v) is 7.60. The van der Waals surface area contributed by atoms with Crippen molar-refractivity contribution in [3.8, 4) is 6.07 Å². The first kappa shape index (κ1) is 18.5. The molecule has 7 heteroatoms. The lowest BCUT2D eigenvalue weighted by Gasteiger charge is -2.22. The van der Waals surface area contributed by atoms with Gasteiger partial charge in [0.25, 0.3) is 0 Å². The minimum absolute atomic E-state index is 0.284. The fourth-order valence-corrected chi connectivity index (χ4v) is 3.07. The Hall–Kier alpha value is -2.85. The third-order valence-electron chi connectivity index (χ3n) is 3.56. The molecule has 1 amide bonds. The highest BCUT2D eigenvalue weighted by molar-refractivity contribution is 7.92. The SMILES string of the molecule is Cc1ccc(CNC(=O)CN(c2cccc(C#N)c2)S(C)(=O)=O)cc1. The Balaban J connectivity index is 2.10. The molecule has 2 aromatic carbocycles. The lowest BCUT2D eigenvalue weighted by atomic mass is 10.1. The molecule has 130 valence electrons. The molecule has 0 unspecified atom stereocenters. The van der Waals surface area contributed by atoms with Crippen LogP contribution in [0.15, 0.2) is 48.5 Å². The molecule has 0 saturated carbocycles. The van der Waals surface area contributed by atoms with Gasteiger partial charge in [-0.1, -0.05) is 35.9 Å². The molecule has 0 spiro atoms. The summed E-state index contributed by atoms with van der Waals surface area (Å²) in [6, 6.07) is 15.8. The topological polar surface area (TPSA) is 90.3 Å². The molecule has 1 N–H and O–H groups in total. The quantitative estimate of drug-likeness (QED) is 0.855. The van der Waals surface area contributed by atoms with E-state index in [0.29, 0.717) is 12.1 Å². The Bertz CT molecular complexity index is 900. The standard InChI is InChI=1S/C18H19N3O3S/c1-14-6-8-15(9-7-14)12-20-18(22)13-21(25(2,23)24)17-5-3-4-16(10-17)11-19/h3-10H,12-13H2,1-2H3,(H,20,22). The van der Waals surface area contributed by atoms with Crippen LogP contribution in [-0.2, 0) is 21.4 Å². The highest BCUT2D eigenvalue weighted by atomic mass is 32.2. The average molecular weight is 357 g/mol. The Morgan fingerprint density at radius 2 is 1.88 bits per heavy atom. The van der Waals surface area contributed by atoms with E-state index in [1.807, 2.05) is 37.3 Å². The van der Waals surface area contributed by atoms with Gasteiger partial charge in [0.2, 0.25) is 15.9 Å². The smallest absolute Gasteiger partial charge is 0.241 e.